The number of carbonyl (C=O) groups is 1. The first-order chi connectivity index (χ1) is 9.74. The van der Waals surface area contributed by atoms with E-state index in [-0.39, 0.29) is 5.91 Å². The number of amides is 1. The highest BCUT2D eigenvalue weighted by Crippen LogP contribution is 2.16. The molecule has 0 aliphatic heterocycles. The Morgan fingerprint density at radius 2 is 2.30 bits per heavy atom. The van der Waals surface area contributed by atoms with Crippen molar-refractivity contribution in [1.82, 2.24) is 5.43 Å². The second kappa shape index (κ2) is 8.09. The second-order valence-corrected chi connectivity index (χ2v) is 6.33. The fourth-order valence-electron chi connectivity index (χ4n) is 1.45. The fraction of sp³-hybridized carbons (Fsp3) is 0.143. The van der Waals surface area contributed by atoms with Crippen molar-refractivity contribution in [2.45, 2.75) is 5.75 Å². The Balaban J connectivity index is 1.68. The van der Waals surface area contributed by atoms with Gasteiger partial charge in [0, 0.05) is 15.7 Å². The SMILES string of the molecule is O=C(CSCc1cccc(Cl)c1)N/N=C/c1cccs1. The number of thiophene rings is 1. The summed E-state index contributed by atoms with van der Waals surface area (Å²) in [5, 5.41) is 6.58. The Morgan fingerprint density at radius 3 is 3.05 bits per heavy atom. The van der Waals surface area contributed by atoms with Crippen molar-refractivity contribution >= 4 is 46.8 Å². The van der Waals surface area contributed by atoms with E-state index in [1.807, 2.05) is 41.8 Å². The predicted octanol–water partition coefficient (Wildman–Crippen LogP) is 3.79. The summed E-state index contributed by atoms with van der Waals surface area (Å²) in [5.74, 6) is 1.02. The third kappa shape index (κ3) is 5.36. The highest BCUT2D eigenvalue weighted by atomic mass is 35.5. The van der Waals surface area contributed by atoms with Crippen molar-refractivity contribution in [3.63, 3.8) is 0 Å². The van der Waals surface area contributed by atoms with E-state index in [4.69, 9.17) is 11.6 Å². The number of hydrogen-bond acceptors (Lipinski definition) is 4. The van der Waals surface area contributed by atoms with Gasteiger partial charge in [0.25, 0.3) is 0 Å². The van der Waals surface area contributed by atoms with Crippen molar-refractivity contribution in [2.24, 2.45) is 5.10 Å². The lowest BCUT2D eigenvalue weighted by Gasteiger charge is -2.01. The van der Waals surface area contributed by atoms with E-state index >= 15 is 0 Å². The molecule has 2 aromatic rings. The molecule has 3 nitrogen and oxygen atoms in total. The van der Waals surface area contributed by atoms with E-state index in [0.29, 0.717) is 10.8 Å². The standard InChI is InChI=1S/C14H13ClN2OS2/c15-12-4-1-3-11(7-12)9-19-10-14(18)17-16-8-13-5-2-6-20-13/h1-8H,9-10H2,(H,17,18)/b16-8+. The molecule has 0 aliphatic rings. The summed E-state index contributed by atoms with van der Waals surface area (Å²) in [6, 6.07) is 11.5. The molecule has 0 fully saturated rings. The van der Waals surface area contributed by atoms with Gasteiger partial charge in [-0.3, -0.25) is 4.79 Å². The Bertz CT molecular complexity index is 585. The summed E-state index contributed by atoms with van der Waals surface area (Å²) < 4.78 is 0. The third-order valence-electron chi connectivity index (χ3n) is 2.32. The van der Waals surface area contributed by atoms with Crippen LogP contribution in [0.3, 0.4) is 0 Å². The Hall–Kier alpha value is -1.30. The second-order valence-electron chi connectivity index (χ2n) is 3.93. The van der Waals surface area contributed by atoms with Crippen LogP contribution in [-0.2, 0) is 10.5 Å². The maximum Gasteiger partial charge on any atom is 0.250 e. The van der Waals surface area contributed by atoms with Crippen molar-refractivity contribution in [1.29, 1.82) is 0 Å². The number of nitrogens with one attached hydrogen (secondary N) is 1. The lowest BCUT2D eigenvalue weighted by molar-refractivity contribution is -0.118. The largest absolute Gasteiger partial charge is 0.272 e. The predicted molar refractivity (Wildman–Crippen MR) is 87.7 cm³/mol. The summed E-state index contributed by atoms with van der Waals surface area (Å²) in [5.41, 5.74) is 3.62. The number of nitrogens with zero attached hydrogens (tertiary/aromatic N) is 1. The Kier molecular flexibility index (Phi) is 6.11. The molecular formula is C14H13ClN2OS2. The van der Waals surface area contributed by atoms with E-state index in [9.17, 15) is 4.79 Å². The van der Waals surface area contributed by atoms with E-state index in [0.717, 1.165) is 16.2 Å². The van der Waals surface area contributed by atoms with Crippen molar-refractivity contribution in [2.75, 3.05) is 5.75 Å². The molecule has 6 heteroatoms. The van der Waals surface area contributed by atoms with Gasteiger partial charge in [-0.2, -0.15) is 5.10 Å². The first-order valence-corrected chi connectivity index (χ1v) is 8.33. The van der Waals surface area contributed by atoms with Crippen LogP contribution in [0.5, 0.6) is 0 Å². The molecule has 0 spiro atoms. The average molecular weight is 325 g/mol. The van der Waals surface area contributed by atoms with E-state index < -0.39 is 0 Å². The highest BCUT2D eigenvalue weighted by Gasteiger charge is 2.01. The third-order valence-corrected chi connectivity index (χ3v) is 4.36. The molecule has 0 atom stereocenters. The number of rotatable bonds is 6. The van der Waals surface area contributed by atoms with Crippen LogP contribution in [0.15, 0.2) is 46.9 Å². The normalized spacial score (nSPS) is 10.8. The number of halogens is 1. The maximum absolute atomic E-state index is 11.6. The molecule has 0 unspecified atom stereocenters. The zero-order valence-corrected chi connectivity index (χ0v) is 13.0. The minimum atomic E-state index is -0.107. The molecule has 0 bridgehead atoms. The van der Waals surface area contributed by atoms with Crippen LogP contribution in [0.1, 0.15) is 10.4 Å². The van der Waals surface area contributed by atoms with Crippen LogP contribution >= 0.6 is 34.7 Å². The molecule has 0 radical (unpaired) electrons. The number of hydrogen-bond donors (Lipinski definition) is 1. The molecule has 1 aromatic carbocycles. The van der Waals surface area contributed by atoms with Gasteiger partial charge in [0.1, 0.15) is 0 Å². The summed E-state index contributed by atoms with van der Waals surface area (Å²) in [6.45, 7) is 0. The van der Waals surface area contributed by atoms with Crippen LogP contribution in [0, 0.1) is 0 Å². The van der Waals surface area contributed by atoms with Gasteiger partial charge in [0.2, 0.25) is 5.91 Å². The Labute approximate surface area is 131 Å². The molecular weight excluding hydrogens is 312 g/mol. The minimum absolute atomic E-state index is 0.107. The quantitative estimate of drug-likeness (QED) is 0.649. The summed E-state index contributed by atoms with van der Waals surface area (Å²) in [7, 11) is 0. The average Bonchev–Trinajstić information content (AvgIpc) is 2.92. The van der Waals surface area contributed by atoms with E-state index in [1.165, 1.54) is 11.8 Å². The van der Waals surface area contributed by atoms with E-state index in [2.05, 4.69) is 10.5 Å². The van der Waals surface area contributed by atoms with Gasteiger partial charge in [-0.25, -0.2) is 5.43 Å². The van der Waals surface area contributed by atoms with Crippen LogP contribution < -0.4 is 5.43 Å². The maximum atomic E-state index is 11.6. The molecule has 20 heavy (non-hydrogen) atoms. The fourth-order valence-corrected chi connectivity index (χ4v) is 3.02. The monoisotopic (exact) mass is 324 g/mol. The number of carbonyl (C=O) groups excluding carboxylic acids is 1. The highest BCUT2D eigenvalue weighted by molar-refractivity contribution is 7.99. The molecule has 1 heterocycles. The van der Waals surface area contributed by atoms with Gasteiger partial charge in [0.15, 0.2) is 0 Å². The molecule has 2 rings (SSSR count). The van der Waals surface area contributed by atoms with Gasteiger partial charge in [-0.15, -0.1) is 23.1 Å². The van der Waals surface area contributed by atoms with Gasteiger partial charge in [-0.05, 0) is 29.1 Å². The molecule has 1 aromatic heterocycles. The molecule has 1 N–H and O–H groups in total. The van der Waals surface area contributed by atoms with Crippen molar-refractivity contribution < 1.29 is 4.79 Å². The van der Waals surface area contributed by atoms with Crippen LogP contribution in [-0.4, -0.2) is 17.9 Å². The van der Waals surface area contributed by atoms with Crippen LogP contribution in [0.4, 0.5) is 0 Å². The van der Waals surface area contributed by atoms with Crippen LogP contribution in [0.25, 0.3) is 0 Å². The van der Waals surface area contributed by atoms with Crippen molar-refractivity contribution in [3.8, 4) is 0 Å². The lowest BCUT2D eigenvalue weighted by Crippen LogP contribution is -2.19. The van der Waals surface area contributed by atoms with Gasteiger partial charge < -0.3 is 0 Å². The van der Waals surface area contributed by atoms with Crippen LogP contribution in [0.2, 0.25) is 5.02 Å². The molecule has 0 aliphatic carbocycles. The minimum Gasteiger partial charge on any atom is -0.272 e. The lowest BCUT2D eigenvalue weighted by atomic mass is 10.2. The van der Waals surface area contributed by atoms with Gasteiger partial charge in [0.05, 0.1) is 12.0 Å². The summed E-state index contributed by atoms with van der Waals surface area (Å²) in [4.78, 5) is 12.6. The molecule has 104 valence electrons. The van der Waals surface area contributed by atoms with Gasteiger partial charge in [-0.1, -0.05) is 29.8 Å². The molecule has 0 saturated heterocycles. The number of hydrazone groups is 1. The topological polar surface area (TPSA) is 41.5 Å². The molecule has 0 saturated carbocycles. The molecule has 1 amide bonds. The number of thioether (sulfide) groups is 1. The summed E-state index contributed by atoms with van der Waals surface area (Å²) >= 11 is 9.00. The zero-order chi connectivity index (χ0) is 14.2. The zero-order valence-electron chi connectivity index (χ0n) is 10.6. The first kappa shape index (κ1) is 15.1. The first-order valence-electron chi connectivity index (χ1n) is 5.91. The van der Waals surface area contributed by atoms with Gasteiger partial charge >= 0.3 is 0 Å². The number of benzene rings is 1. The summed E-state index contributed by atoms with van der Waals surface area (Å²) in [6.07, 6.45) is 1.64. The van der Waals surface area contributed by atoms with E-state index in [1.54, 1.807) is 17.6 Å². The Morgan fingerprint density at radius 1 is 1.40 bits per heavy atom. The smallest absolute Gasteiger partial charge is 0.250 e. The van der Waals surface area contributed by atoms with Crippen molar-refractivity contribution in [3.05, 3.63) is 57.2 Å².